The first-order chi connectivity index (χ1) is 6.63. The van der Waals surface area contributed by atoms with E-state index >= 15 is 0 Å². The lowest BCUT2D eigenvalue weighted by atomic mass is 10.1. The minimum Gasteiger partial charge on any atom is -0.390 e. The lowest BCUT2D eigenvalue weighted by Gasteiger charge is -2.33. The average Bonchev–Trinajstić information content (AvgIpc) is 2.84. The molecule has 1 aromatic rings. The number of rotatable bonds is 0. The highest BCUT2D eigenvalue weighted by Gasteiger charge is 2.56. The second-order valence-electron chi connectivity index (χ2n) is 3.91. The Morgan fingerprint density at radius 2 is 2.36 bits per heavy atom. The quantitative estimate of drug-likeness (QED) is 0.676. The van der Waals surface area contributed by atoms with Crippen LogP contribution < -0.4 is 16.0 Å². The maximum Gasteiger partial charge on any atom is 0.250 e. The van der Waals surface area contributed by atoms with Gasteiger partial charge in [-0.05, 0) is 18.9 Å². The fourth-order valence-electron chi connectivity index (χ4n) is 2.02. The van der Waals surface area contributed by atoms with Crippen LogP contribution >= 0.6 is 11.3 Å². The van der Waals surface area contributed by atoms with Crippen molar-refractivity contribution in [3.05, 3.63) is 6.07 Å². The van der Waals surface area contributed by atoms with Gasteiger partial charge in [0, 0.05) is 7.05 Å². The van der Waals surface area contributed by atoms with E-state index in [0.717, 1.165) is 28.5 Å². The van der Waals surface area contributed by atoms with Crippen LogP contribution in [0.15, 0.2) is 6.07 Å². The lowest BCUT2D eigenvalue weighted by Crippen LogP contribution is -2.47. The van der Waals surface area contributed by atoms with Crippen molar-refractivity contribution in [2.24, 2.45) is 0 Å². The van der Waals surface area contributed by atoms with E-state index in [1.807, 2.05) is 13.1 Å². The molecule has 1 aromatic heterocycles. The predicted octanol–water partition coefficient (Wildman–Crippen LogP) is 1.25. The molecule has 5 heteroatoms. The first kappa shape index (κ1) is 8.11. The number of nitrogens with two attached hydrogens (primary N) is 1. The van der Waals surface area contributed by atoms with Gasteiger partial charge in [-0.15, -0.1) is 0 Å². The Balaban J connectivity index is 2.13. The van der Waals surface area contributed by atoms with Gasteiger partial charge < -0.3 is 16.0 Å². The standard InChI is InChI=1S/C9H11N3OS/c1-12-5-4-6(10)14-7(5)11-8(13)9(12)2-3-9/h4H,2-3,10H2,1H3,(H,11,13). The van der Waals surface area contributed by atoms with Gasteiger partial charge in [0.25, 0.3) is 5.91 Å². The van der Waals surface area contributed by atoms with Crippen LogP contribution in [0.25, 0.3) is 0 Å². The average molecular weight is 209 g/mol. The highest BCUT2D eigenvalue weighted by molar-refractivity contribution is 7.20. The van der Waals surface area contributed by atoms with Crippen LogP contribution in [0.1, 0.15) is 12.8 Å². The molecule has 1 aliphatic carbocycles. The number of anilines is 3. The van der Waals surface area contributed by atoms with Crippen molar-refractivity contribution in [1.29, 1.82) is 0 Å². The summed E-state index contributed by atoms with van der Waals surface area (Å²) < 4.78 is 0. The van der Waals surface area contributed by atoms with Gasteiger partial charge in [0.15, 0.2) is 0 Å². The molecule has 1 amide bonds. The molecule has 1 spiro atoms. The van der Waals surface area contributed by atoms with Crippen molar-refractivity contribution >= 4 is 32.9 Å². The third-order valence-electron chi connectivity index (χ3n) is 3.11. The Kier molecular flexibility index (Phi) is 1.29. The largest absolute Gasteiger partial charge is 0.390 e. The Hall–Kier alpha value is -1.23. The molecule has 3 rings (SSSR count). The molecule has 2 aliphatic rings. The van der Waals surface area contributed by atoms with E-state index in [1.165, 1.54) is 11.3 Å². The summed E-state index contributed by atoms with van der Waals surface area (Å²) in [5.41, 5.74) is 6.51. The third-order valence-corrected chi connectivity index (χ3v) is 3.98. The molecule has 3 N–H and O–H groups in total. The number of likely N-dealkylation sites (N-methyl/N-ethyl adjacent to an activating group) is 1. The summed E-state index contributed by atoms with van der Waals surface area (Å²) in [6.07, 6.45) is 1.90. The van der Waals surface area contributed by atoms with E-state index in [1.54, 1.807) is 0 Å². The topological polar surface area (TPSA) is 58.4 Å². The van der Waals surface area contributed by atoms with E-state index in [9.17, 15) is 4.79 Å². The molecule has 0 radical (unpaired) electrons. The minimum absolute atomic E-state index is 0.120. The molecule has 1 aliphatic heterocycles. The second kappa shape index (κ2) is 2.23. The van der Waals surface area contributed by atoms with Crippen LogP contribution in [0.4, 0.5) is 15.7 Å². The van der Waals surface area contributed by atoms with E-state index in [-0.39, 0.29) is 11.4 Å². The van der Waals surface area contributed by atoms with Gasteiger partial charge >= 0.3 is 0 Å². The Bertz CT molecular complexity index is 422. The number of nitrogens with zero attached hydrogens (tertiary/aromatic N) is 1. The van der Waals surface area contributed by atoms with Crippen molar-refractivity contribution < 1.29 is 4.79 Å². The van der Waals surface area contributed by atoms with Crippen molar-refractivity contribution in [2.75, 3.05) is 23.0 Å². The SMILES string of the molecule is CN1c2cc(N)sc2NC(=O)C12CC2. The fourth-order valence-corrected chi connectivity index (χ4v) is 2.87. The van der Waals surface area contributed by atoms with Crippen molar-refractivity contribution in [1.82, 2.24) is 0 Å². The molecule has 1 saturated carbocycles. The first-order valence-corrected chi connectivity index (χ1v) is 5.40. The molecule has 4 nitrogen and oxygen atoms in total. The third kappa shape index (κ3) is 0.803. The van der Waals surface area contributed by atoms with Crippen molar-refractivity contribution in [3.8, 4) is 0 Å². The molecule has 0 aromatic carbocycles. The van der Waals surface area contributed by atoms with Gasteiger partial charge in [-0.2, -0.15) is 0 Å². The number of amides is 1. The van der Waals surface area contributed by atoms with Crippen molar-refractivity contribution in [2.45, 2.75) is 18.4 Å². The van der Waals surface area contributed by atoms with Gasteiger partial charge in [0.05, 0.1) is 10.7 Å². The Morgan fingerprint density at radius 3 is 3.00 bits per heavy atom. The number of thiophene rings is 1. The summed E-state index contributed by atoms with van der Waals surface area (Å²) in [5.74, 6) is 0.120. The Morgan fingerprint density at radius 1 is 1.64 bits per heavy atom. The summed E-state index contributed by atoms with van der Waals surface area (Å²) in [7, 11) is 1.97. The molecule has 14 heavy (non-hydrogen) atoms. The van der Waals surface area contributed by atoms with Crippen LogP contribution in [-0.2, 0) is 4.79 Å². The van der Waals surface area contributed by atoms with E-state index in [4.69, 9.17) is 5.73 Å². The summed E-state index contributed by atoms with van der Waals surface area (Å²) in [4.78, 5) is 13.8. The molecule has 1 fully saturated rings. The van der Waals surface area contributed by atoms with Crippen LogP contribution in [-0.4, -0.2) is 18.5 Å². The molecule has 0 bridgehead atoms. The summed E-state index contributed by atoms with van der Waals surface area (Å²) in [6, 6.07) is 1.93. The number of hydrogen-bond donors (Lipinski definition) is 2. The fraction of sp³-hybridized carbons (Fsp3) is 0.444. The molecule has 0 atom stereocenters. The van der Waals surface area contributed by atoms with Gasteiger partial charge in [0.1, 0.15) is 10.5 Å². The zero-order valence-corrected chi connectivity index (χ0v) is 8.65. The van der Waals surface area contributed by atoms with Gasteiger partial charge in [0.2, 0.25) is 0 Å². The zero-order valence-electron chi connectivity index (χ0n) is 7.83. The van der Waals surface area contributed by atoms with Crippen LogP contribution in [0.2, 0.25) is 0 Å². The van der Waals surface area contributed by atoms with Crippen molar-refractivity contribution in [3.63, 3.8) is 0 Å². The maximum atomic E-state index is 11.8. The van der Waals surface area contributed by atoms with Crippen LogP contribution in [0.5, 0.6) is 0 Å². The van der Waals surface area contributed by atoms with Crippen LogP contribution in [0, 0.1) is 0 Å². The number of fused-ring (bicyclic) bond motifs is 1. The minimum atomic E-state index is -0.263. The summed E-state index contributed by atoms with van der Waals surface area (Å²) in [6.45, 7) is 0. The van der Waals surface area contributed by atoms with Gasteiger partial charge in [-0.1, -0.05) is 11.3 Å². The van der Waals surface area contributed by atoms with Gasteiger partial charge in [-0.3, -0.25) is 4.79 Å². The van der Waals surface area contributed by atoms with E-state index in [0.29, 0.717) is 0 Å². The first-order valence-electron chi connectivity index (χ1n) is 4.58. The smallest absolute Gasteiger partial charge is 0.250 e. The molecule has 74 valence electrons. The molecular weight excluding hydrogens is 198 g/mol. The summed E-state index contributed by atoms with van der Waals surface area (Å²) in [5, 5.41) is 4.55. The number of nitrogens with one attached hydrogen (secondary N) is 1. The highest BCUT2D eigenvalue weighted by Crippen LogP contribution is 2.51. The second-order valence-corrected chi connectivity index (χ2v) is 4.99. The number of carbonyl (C=O) groups is 1. The van der Waals surface area contributed by atoms with E-state index < -0.39 is 0 Å². The predicted molar refractivity (Wildman–Crippen MR) is 57.7 cm³/mol. The zero-order chi connectivity index (χ0) is 9.92. The number of hydrogen-bond acceptors (Lipinski definition) is 4. The molecule has 0 saturated heterocycles. The van der Waals surface area contributed by atoms with Gasteiger partial charge in [-0.25, -0.2) is 0 Å². The summed E-state index contributed by atoms with van der Waals surface area (Å²) >= 11 is 1.43. The van der Waals surface area contributed by atoms with Crippen LogP contribution in [0.3, 0.4) is 0 Å². The molecule has 2 heterocycles. The monoisotopic (exact) mass is 209 g/mol. The molecular formula is C9H11N3OS. The lowest BCUT2D eigenvalue weighted by molar-refractivity contribution is -0.118. The Labute approximate surface area is 85.7 Å². The maximum absolute atomic E-state index is 11.8. The highest BCUT2D eigenvalue weighted by atomic mass is 32.1. The number of carbonyl (C=O) groups excluding carboxylic acids is 1. The number of nitrogen functional groups attached to an aromatic ring is 1. The molecule has 0 unspecified atom stereocenters. The normalized spacial score (nSPS) is 22.1. The van der Waals surface area contributed by atoms with E-state index in [2.05, 4.69) is 10.2 Å².